The molecule has 1 aromatic carbocycles. The Bertz CT molecular complexity index is 523. The Balaban J connectivity index is 2.89. The van der Waals surface area contributed by atoms with Crippen molar-refractivity contribution in [1.82, 2.24) is 4.90 Å². The fourth-order valence-corrected chi connectivity index (χ4v) is 2.36. The van der Waals surface area contributed by atoms with Crippen LogP contribution in [0.5, 0.6) is 0 Å². The summed E-state index contributed by atoms with van der Waals surface area (Å²) in [5.41, 5.74) is 0.446. The molecule has 1 amide bonds. The first-order valence-corrected chi connectivity index (χ1v) is 7.74. The van der Waals surface area contributed by atoms with Crippen molar-refractivity contribution in [3.05, 3.63) is 29.8 Å². The van der Waals surface area contributed by atoms with Gasteiger partial charge in [-0.3, -0.25) is 4.79 Å². The molecule has 0 spiro atoms. The van der Waals surface area contributed by atoms with Gasteiger partial charge in [-0.25, -0.2) is 8.42 Å². The maximum absolute atomic E-state index is 12.0. The van der Waals surface area contributed by atoms with Gasteiger partial charge in [0.05, 0.1) is 4.90 Å². The van der Waals surface area contributed by atoms with Crippen LogP contribution in [0.15, 0.2) is 29.2 Å². The zero-order chi connectivity index (χ0) is 13.9. The minimum Gasteiger partial charge on any atom is -0.340 e. The van der Waals surface area contributed by atoms with Gasteiger partial charge in [0.1, 0.15) is 0 Å². The van der Waals surface area contributed by atoms with Crippen molar-refractivity contribution in [3.8, 4) is 0 Å². The third-order valence-electron chi connectivity index (χ3n) is 2.40. The Morgan fingerprint density at radius 3 is 2.22 bits per heavy atom. The third kappa shape index (κ3) is 3.99. The summed E-state index contributed by atoms with van der Waals surface area (Å²) in [4.78, 5) is 13.7. The third-order valence-corrected chi connectivity index (χ3v) is 3.67. The summed E-state index contributed by atoms with van der Waals surface area (Å²) in [5, 5.41) is -0.130. The van der Waals surface area contributed by atoms with Crippen molar-refractivity contribution in [2.24, 2.45) is 0 Å². The van der Waals surface area contributed by atoms with Crippen LogP contribution in [0.2, 0.25) is 0 Å². The Hall–Kier alpha value is -1.07. The summed E-state index contributed by atoms with van der Waals surface area (Å²) in [6.07, 6.45) is 1.13. The molecule has 0 radical (unpaired) electrons. The fourth-order valence-electron chi connectivity index (χ4n) is 1.53. The first kappa shape index (κ1) is 15.0. The highest BCUT2D eigenvalue weighted by molar-refractivity contribution is 7.90. The van der Waals surface area contributed by atoms with Gasteiger partial charge in [-0.15, -0.1) is 11.6 Å². The summed E-state index contributed by atoms with van der Waals surface area (Å²) >= 11 is 5.82. The van der Waals surface area contributed by atoms with Crippen molar-refractivity contribution in [2.75, 3.05) is 19.8 Å². The summed E-state index contributed by atoms with van der Waals surface area (Å²) in [5.74, 6) is -0.178. The number of sulfone groups is 1. The number of halogens is 1. The molecule has 1 atom stereocenters. The van der Waals surface area contributed by atoms with Crippen LogP contribution in [0.3, 0.4) is 0 Å². The molecular weight excluding hydrogens is 274 g/mol. The monoisotopic (exact) mass is 289 g/mol. The smallest absolute Gasteiger partial charge is 0.253 e. The molecule has 0 bridgehead atoms. The van der Waals surface area contributed by atoms with E-state index >= 15 is 0 Å². The molecule has 0 aliphatic rings. The van der Waals surface area contributed by atoms with E-state index in [-0.39, 0.29) is 16.2 Å². The van der Waals surface area contributed by atoms with Crippen molar-refractivity contribution >= 4 is 27.3 Å². The van der Waals surface area contributed by atoms with E-state index in [0.717, 1.165) is 6.26 Å². The largest absolute Gasteiger partial charge is 0.340 e. The molecule has 6 heteroatoms. The highest BCUT2D eigenvalue weighted by Gasteiger charge is 2.14. The lowest BCUT2D eigenvalue weighted by Crippen LogP contribution is -2.31. The van der Waals surface area contributed by atoms with Gasteiger partial charge in [0.25, 0.3) is 5.91 Å². The molecule has 1 unspecified atom stereocenters. The molecule has 1 rings (SSSR count). The van der Waals surface area contributed by atoms with Gasteiger partial charge in [0.2, 0.25) is 0 Å². The zero-order valence-electron chi connectivity index (χ0n) is 10.6. The number of carbonyl (C=O) groups excluding carboxylic acids is 1. The van der Waals surface area contributed by atoms with E-state index in [2.05, 4.69) is 0 Å². The van der Waals surface area contributed by atoms with Crippen molar-refractivity contribution < 1.29 is 13.2 Å². The second kappa shape index (κ2) is 5.71. The average molecular weight is 290 g/mol. The molecule has 1 aromatic rings. The Morgan fingerprint density at radius 1 is 1.33 bits per heavy atom. The van der Waals surface area contributed by atoms with E-state index in [1.54, 1.807) is 14.0 Å². The van der Waals surface area contributed by atoms with Gasteiger partial charge in [-0.2, -0.15) is 0 Å². The van der Waals surface area contributed by atoms with E-state index in [4.69, 9.17) is 11.6 Å². The number of alkyl halides is 1. The van der Waals surface area contributed by atoms with E-state index in [9.17, 15) is 13.2 Å². The number of carbonyl (C=O) groups is 1. The number of hydrogen-bond donors (Lipinski definition) is 0. The number of hydrogen-bond acceptors (Lipinski definition) is 3. The van der Waals surface area contributed by atoms with E-state index in [0.29, 0.717) is 12.1 Å². The van der Waals surface area contributed by atoms with E-state index in [1.165, 1.54) is 29.2 Å². The van der Waals surface area contributed by atoms with Crippen LogP contribution in [0, 0.1) is 0 Å². The highest BCUT2D eigenvalue weighted by Crippen LogP contribution is 2.12. The predicted octanol–water partition coefficient (Wildman–Crippen LogP) is 1.79. The first-order chi connectivity index (χ1) is 8.21. The standard InChI is InChI=1S/C12H16ClNO3S/c1-9(13)8-14(2)12(15)10-4-6-11(7-5-10)18(3,16)17/h4-7,9H,8H2,1-3H3. The lowest BCUT2D eigenvalue weighted by molar-refractivity contribution is 0.0796. The molecule has 0 fully saturated rings. The summed E-state index contributed by atoms with van der Waals surface area (Å²) in [7, 11) is -1.57. The molecule has 0 heterocycles. The molecule has 0 N–H and O–H groups in total. The van der Waals surface area contributed by atoms with Crippen LogP contribution >= 0.6 is 11.6 Å². The van der Waals surface area contributed by atoms with Gasteiger partial charge < -0.3 is 4.90 Å². The van der Waals surface area contributed by atoms with E-state index < -0.39 is 9.84 Å². The van der Waals surface area contributed by atoms with Gasteiger partial charge in [0, 0.05) is 30.8 Å². The molecular formula is C12H16ClNO3S. The minimum atomic E-state index is -3.23. The SMILES string of the molecule is CC(Cl)CN(C)C(=O)c1ccc(S(C)(=O)=O)cc1. The van der Waals surface area contributed by atoms with Crippen molar-refractivity contribution in [1.29, 1.82) is 0 Å². The summed E-state index contributed by atoms with van der Waals surface area (Å²) in [6.45, 7) is 2.24. The maximum Gasteiger partial charge on any atom is 0.253 e. The highest BCUT2D eigenvalue weighted by atomic mass is 35.5. The lowest BCUT2D eigenvalue weighted by Gasteiger charge is -2.18. The summed E-state index contributed by atoms with van der Waals surface area (Å²) in [6, 6.07) is 5.88. The van der Waals surface area contributed by atoms with Gasteiger partial charge in [0.15, 0.2) is 9.84 Å². The topological polar surface area (TPSA) is 54.5 Å². The predicted molar refractivity (Wildman–Crippen MR) is 71.8 cm³/mol. The molecule has 18 heavy (non-hydrogen) atoms. The molecule has 100 valence electrons. The minimum absolute atomic E-state index is 0.130. The fraction of sp³-hybridized carbons (Fsp3) is 0.417. The molecule has 4 nitrogen and oxygen atoms in total. The van der Waals surface area contributed by atoms with Crippen LogP contribution in [-0.2, 0) is 9.84 Å². The van der Waals surface area contributed by atoms with E-state index in [1.807, 2.05) is 0 Å². The Kier molecular flexibility index (Phi) is 4.76. The average Bonchev–Trinajstić information content (AvgIpc) is 2.26. The van der Waals surface area contributed by atoms with Crippen LogP contribution in [-0.4, -0.2) is 44.5 Å². The van der Waals surface area contributed by atoms with Crippen molar-refractivity contribution in [3.63, 3.8) is 0 Å². The van der Waals surface area contributed by atoms with Gasteiger partial charge in [-0.1, -0.05) is 0 Å². The second-order valence-electron chi connectivity index (χ2n) is 4.26. The van der Waals surface area contributed by atoms with Gasteiger partial charge >= 0.3 is 0 Å². The maximum atomic E-state index is 12.0. The number of amides is 1. The zero-order valence-corrected chi connectivity index (χ0v) is 12.1. The second-order valence-corrected chi connectivity index (χ2v) is 7.02. The van der Waals surface area contributed by atoms with Crippen molar-refractivity contribution in [2.45, 2.75) is 17.2 Å². The first-order valence-electron chi connectivity index (χ1n) is 5.41. The quantitative estimate of drug-likeness (QED) is 0.794. The molecule has 0 aliphatic carbocycles. The van der Waals surface area contributed by atoms with Crippen LogP contribution in [0.4, 0.5) is 0 Å². The van der Waals surface area contributed by atoms with Gasteiger partial charge in [-0.05, 0) is 31.2 Å². The van der Waals surface area contributed by atoms with Crippen LogP contribution in [0.25, 0.3) is 0 Å². The molecule has 0 saturated heterocycles. The number of benzene rings is 1. The van der Waals surface area contributed by atoms with Crippen LogP contribution in [0.1, 0.15) is 17.3 Å². The Labute approximate surface area is 112 Å². The number of rotatable bonds is 4. The number of nitrogens with zero attached hydrogens (tertiary/aromatic N) is 1. The molecule has 0 saturated carbocycles. The lowest BCUT2D eigenvalue weighted by atomic mass is 10.2. The molecule has 0 aromatic heterocycles. The Morgan fingerprint density at radius 2 is 1.83 bits per heavy atom. The summed E-state index contributed by atoms with van der Waals surface area (Å²) < 4.78 is 22.6. The van der Waals surface area contributed by atoms with Crippen LogP contribution < -0.4 is 0 Å². The normalized spacial score (nSPS) is 13.1. The molecule has 0 aliphatic heterocycles.